The highest BCUT2D eigenvalue weighted by Crippen LogP contribution is 2.78. The monoisotopic (exact) mass is 1510 g/mol. The van der Waals surface area contributed by atoms with E-state index in [0.29, 0.717) is 0 Å². The molecule has 456 valence electrons. The van der Waals surface area contributed by atoms with Crippen LogP contribution < -0.4 is 0 Å². The summed E-state index contributed by atoms with van der Waals surface area (Å²) in [7, 11) is -11.7. The third-order valence-electron chi connectivity index (χ3n) is 21.9. The van der Waals surface area contributed by atoms with Gasteiger partial charge in [0.25, 0.3) is 0 Å². The van der Waals surface area contributed by atoms with Crippen molar-refractivity contribution in [1.29, 1.82) is 0 Å². The summed E-state index contributed by atoms with van der Waals surface area (Å²) in [5.74, 6) is 0. The Kier molecular flexibility index (Phi) is 18.5. The third-order valence-corrected chi connectivity index (χ3v) is 80.7. The molecule has 32 atom stereocenters. The van der Waals surface area contributed by atoms with Crippen molar-refractivity contribution in [3.05, 3.63) is 0 Å². The zero-order chi connectivity index (χ0) is 57.8. The van der Waals surface area contributed by atoms with Gasteiger partial charge in [0, 0.05) is 106 Å². The van der Waals surface area contributed by atoms with Crippen LogP contribution in [0.15, 0.2) is 0 Å². The molecule has 13 aliphatic heterocycles. The number of thiol groups is 2. The second kappa shape index (κ2) is 22.5. The summed E-state index contributed by atoms with van der Waals surface area (Å²) in [6, 6.07) is 0. The second-order valence-corrected chi connectivity index (χ2v) is 103. The van der Waals surface area contributed by atoms with Gasteiger partial charge < -0.3 is 0 Å². The molecule has 0 aromatic carbocycles. The Morgan fingerprint density at radius 3 is 0.475 bits per heavy atom. The molecule has 13 heterocycles. The highest BCUT2D eigenvalue weighted by atomic mass is 32.3. The van der Waals surface area contributed by atoms with Crippen molar-refractivity contribution in [2.45, 2.75) is 322 Å². The SMILES string of the molecule is C[Si](C)(C)C1C2SC3SC4C5SC([SH+]C6SC7C8SC(SC9SC%10C%11SC([SH+]C%12SC%13C(S2)C1SC%13C%12[Si](C)(C)C)C([Si](C)(C)C)C%11SC%10C9[Si](C)(C)C)C([Si](C)(C)C)C8SC7C6[Si](C)(C)C)C([Si](C)(C)C)C5SC4C3[Si](C)(C)C. The molecule has 13 rings (SSSR count). The molecule has 80 heavy (non-hydrogen) atoms. The molecule has 0 nitrogen and oxygen atoms in total. The van der Waals surface area contributed by atoms with Crippen LogP contribution in [0.3, 0.4) is 0 Å². The maximum absolute atomic E-state index is 2.83. The number of hydrogen-bond acceptors (Lipinski definition) is 14. The average Bonchev–Trinajstić information content (AvgIpc) is 4.10. The van der Waals surface area contributed by atoms with Crippen molar-refractivity contribution < 1.29 is 0 Å². The first-order valence-corrected chi connectivity index (χ1v) is 75.2. The summed E-state index contributed by atoms with van der Waals surface area (Å²) in [5, 5.41) is 14.0. The molecule has 13 fully saturated rings. The van der Waals surface area contributed by atoms with Crippen LogP contribution in [-0.2, 0) is 23.5 Å². The molecular formula is C56H106S16Si8+2. The predicted octanol–water partition coefficient (Wildman–Crippen LogP) is 20.2. The maximum Gasteiger partial charge on any atom is 0.164 e. The minimum Gasteiger partial charge on any atom is -0.152 e. The van der Waals surface area contributed by atoms with Gasteiger partial charge in [-0.25, -0.2) is 0 Å². The zero-order valence-electron chi connectivity index (χ0n) is 53.1. The Bertz CT molecular complexity index is 1890. The van der Waals surface area contributed by atoms with E-state index >= 15 is 0 Å². The smallest absolute Gasteiger partial charge is 0.152 e. The van der Waals surface area contributed by atoms with E-state index in [0.717, 1.165) is 165 Å². The van der Waals surface area contributed by atoms with E-state index in [2.05, 4.69) is 322 Å². The normalized spacial score (nSPS) is 53.7. The first kappa shape index (κ1) is 66.0. The van der Waals surface area contributed by atoms with Crippen LogP contribution in [-0.4, -0.2) is 185 Å². The van der Waals surface area contributed by atoms with Gasteiger partial charge in [-0.15, -0.1) is 70.6 Å². The van der Waals surface area contributed by atoms with Crippen LogP contribution in [0.4, 0.5) is 0 Å². The van der Waals surface area contributed by atoms with E-state index in [1.807, 2.05) is 23.5 Å². The third kappa shape index (κ3) is 11.3. The van der Waals surface area contributed by atoms with E-state index < -0.39 is 64.6 Å². The van der Waals surface area contributed by atoms with E-state index in [-0.39, 0.29) is 0 Å². The van der Waals surface area contributed by atoms with Gasteiger partial charge in [-0.3, -0.25) is 0 Å². The molecule has 0 amide bonds. The number of fused-ring (bicyclic) bond motifs is 8. The summed E-state index contributed by atoms with van der Waals surface area (Å²) in [6.45, 7) is 67.9. The first-order chi connectivity index (χ1) is 36.7. The lowest BCUT2D eigenvalue weighted by atomic mass is 10.1. The van der Waals surface area contributed by atoms with Gasteiger partial charge in [-0.2, -0.15) is 47.0 Å². The molecule has 0 aromatic heterocycles. The highest BCUT2D eigenvalue weighted by molar-refractivity contribution is 8.28. The Labute approximate surface area is 567 Å². The van der Waals surface area contributed by atoms with Crippen molar-refractivity contribution in [3.8, 4) is 0 Å². The molecular weight excluding hydrogens is 1410 g/mol. The van der Waals surface area contributed by atoms with Crippen molar-refractivity contribution in [1.82, 2.24) is 0 Å². The van der Waals surface area contributed by atoms with Crippen molar-refractivity contribution in [2.24, 2.45) is 0 Å². The molecule has 0 spiro atoms. The van der Waals surface area contributed by atoms with E-state index in [4.69, 9.17) is 0 Å². The number of hydrogen-bond donors (Lipinski definition) is 0. The summed E-state index contributed by atoms with van der Waals surface area (Å²) in [5.41, 5.74) is 7.52. The van der Waals surface area contributed by atoms with Crippen molar-refractivity contribution in [3.63, 3.8) is 0 Å². The Balaban J connectivity index is 0.879. The molecule has 13 saturated heterocycles. The lowest BCUT2D eigenvalue weighted by Crippen LogP contribution is -2.43. The van der Waals surface area contributed by atoms with E-state index in [9.17, 15) is 0 Å². The predicted molar refractivity (Wildman–Crippen MR) is 431 cm³/mol. The molecule has 16 bridgehead atoms. The van der Waals surface area contributed by atoms with E-state index in [1.165, 1.54) is 0 Å². The van der Waals surface area contributed by atoms with Gasteiger partial charge in [-0.05, 0) is 45.7 Å². The zero-order valence-corrected chi connectivity index (χ0v) is 74.3. The summed E-state index contributed by atoms with van der Waals surface area (Å²) in [6.07, 6.45) is 0. The molecule has 24 heteroatoms. The molecule has 13 aliphatic rings. The van der Waals surface area contributed by atoms with Gasteiger partial charge in [0.15, 0.2) is 18.3 Å². The summed E-state index contributed by atoms with van der Waals surface area (Å²) in [4.78, 5) is 0. The van der Waals surface area contributed by atoms with Gasteiger partial charge in [0.2, 0.25) is 0 Å². The standard InChI is InChI=1S/C56H104S16Si8/c1-73(2,3)41-33-25-26-34(57-33)42(74(4,5)6)51(62-26)70-52-45(77(13,14)15)37-29(65-52)30-38(59-37)47(79(19,20)21)55(66-30)72-56-48(80(22,23)24)40-32(68-56)31-39(60-40)46(78(16,17)18)54(67-31)71-53-44(76(10,11)12)36-28(64-53)27-35(58-36)43(75(7,8)9)50(63-27)69-49(41)61-25/h25-56H,1-24H3/p+2. The number of thioether (sulfide) groups is 14. The van der Waals surface area contributed by atoms with Crippen molar-refractivity contribution in [2.75, 3.05) is 0 Å². The summed E-state index contributed by atoms with van der Waals surface area (Å²) < 4.78 is 6.60. The van der Waals surface area contributed by atoms with Crippen LogP contribution in [0, 0.1) is 0 Å². The van der Waals surface area contributed by atoms with Crippen molar-refractivity contribution >= 4 is 253 Å². The lowest BCUT2D eigenvalue weighted by Gasteiger charge is -2.39. The fourth-order valence-electron chi connectivity index (χ4n) is 18.4. The molecule has 0 aliphatic carbocycles. The largest absolute Gasteiger partial charge is 0.164 e. The molecule has 0 radical (unpaired) electrons. The minimum absolute atomic E-state index is 0.800. The minimum atomic E-state index is -1.47. The van der Waals surface area contributed by atoms with Crippen LogP contribution in [0.1, 0.15) is 0 Å². The van der Waals surface area contributed by atoms with Crippen LogP contribution in [0.25, 0.3) is 0 Å². The van der Waals surface area contributed by atoms with Crippen LogP contribution in [0.5, 0.6) is 0 Å². The quantitative estimate of drug-likeness (QED) is 0.129. The maximum atomic E-state index is 2.83. The van der Waals surface area contributed by atoms with Gasteiger partial charge in [0.05, 0.1) is 82.9 Å². The summed E-state index contributed by atoms with van der Waals surface area (Å²) >= 11 is 40.8. The fraction of sp³-hybridized carbons (Fsp3) is 1.00. The molecule has 0 aromatic rings. The van der Waals surface area contributed by atoms with Gasteiger partial charge in [0.1, 0.15) is 0 Å². The van der Waals surface area contributed by atoms with Crippen LogP contribution >= 0.6 is 165 Å². The topological polar surface area (TPSA) is 0 Å². The Morgan fingerprint density at radius 1 is 0.163 bits per heavy atom. The fourth-order valence-corrected chi connectivity index (χ4v) is 109. The van der Waals surface area contributed by atoms with Gasteiger partial charge in [-0.1, -0.05) is 204 Å². The second-order valence-electron chi connectivity index (χ2n) is 35.8. The molecule has 0 N–H and O–H groups in total. The van der Waals surface area contributed by atoms with Crippen LogP contribution in [0.2, 0.25) is 201 Å². The molecule has 32 unspecified atom stereocenters. The number of rotatable bonds is 8. The van der Waals surface area contributed by atoms with E-state index in [1.54, 1.807) is 0 Å². The van der Waals surface area contributed by atoms with Gasteiger partial charge >= 0.3 is 0 Å². The average molecular weight is 1520 g/mol. The lowest BCUT2D eigenvalue weighted by molar-refractivity contribution is 0.744. The highest BCUT2D eigenvalue weighted by Gasteiger charge is 2.74. The molecule has 0 saturated carbocycles. The first-order valence-electron chi connectivity index (χ1n) is 31.3. The Morgan fingerprint density at radius 2 is 0.312 bits per heavy atom. The Hall–Kier alpha value is 7.34.